The van der Waals surface area contributed by atoms with Crippen LogP contribution in [0.4, 0.5) is 20.0 Å². The third-order valence-corrected chi connectivity index (χ3v) is 5.96. The minimum Gasteiger partial charge on any atom is -0.454 e. The first-order valence-corrected chi connectivity index (χ1v) is 10.4. The van der Waals surface area contributed by atoms with Crippen LogP contribution >= 0.6 is 11.3 Å². The molecule has 2 aromatic carbocycles. The number of hydrogen-bond acceptors (Lipinski definition) is 6. The van der Waals surface area contributed by atoms with Gasteiger partial charge in [0.25, 0.3) is 5.91 Å². The molecule has 158 valence electrons. The first kappa shape index (κ1) is 19.3. The maximum Gasteiger partial charge on any atom is 0.326 e. The van der Waals surface area contributed by atoms with Gasteiger partial charge in [-0.05, 0) is 29.8 Å². The molecule has 3 amide bonds. The number of nitrogens with zero attached hydrogens (tertiary/aromatic N) is 3. The number of carbonyl (C=O) groups excluding carboxylic acids is 2. The number of halogens is 1. The highest BCUT2D eigenvalue weighted by Gasteiger charge is 2.32. The summed E-state index contributed by atoms with van der Waals surface area (Å²) < 4.78 is 24.0. The number of ether oxygens (including phenoxy) is 2. The molecule has 3 aromatic rings. The van der Waals surface area contributed by atoms with E-state index in [-0.39, 0.29) is 24.5 Å². The quantitative estimate of drug-likeness (QED) is 0.654. The number of aromatic nitrogens is 1. The van der Waals surface area contributed by atoms with Crippen LogP contribution in [0.5, 0.6) is 11.5 Å². The van der Waals surface area contributed by atoms with Gasteiger partial charge in [-0.1, -0.05) is 23.5 Å². The average Bonchev–Trinajstić information content (AvgIpc) is 3.48. The van der Waals surface area contributed by atoms with E-state index in [1.807, 2.05) is 0 Å². The van der Waals surface area contributed by atoms with E-state index < -0.39 is 0 Å². The molecule has 8 nitrogen and oxygen atoms in total. The molecule has 0 bridgehead atoms. The van der Waals surface area contributed by atoms with E-state index in [0.29, 0.717) is 46.8 Å². The number of anilines is 2. The van der Waals surface area contributed by atoms with Crippen molar-refractivity contribution in [3.63, 3.8) is 0 Å². The van der Waals surface area contributed by atoms with Crippen molar-refractivity contribution in [2.45, 2.75) is 6.54 Å². The molecule has 1 saturated heterocycles. The molecule has 0 saturated carbocycles. The van der Waals surface area contributed by atoms with Crippen LogP contribution in [0, 0.1) is 5.82 Å². The minimum atomic E-state index is -0.334. The third kappa shape index (κ3) is 3.89. The number of urea groups is 1. The summed E-state index contributed by atoms with van der Waals surface area (Å²) in [5.41, 5.74) is 1.29. The molecule has 5 rings (SSSR count). The second-order valence-corrected chi connectivity index (χ2v) is 8.02. The van der Waals surface area contributed by atoms with E-state index >= 15 is 0 Å². The Bertz CT molecular complexity index is 1170. The summed E-state index contributed by atoms with van der Waals surface area (Å²) in [4.78, 5) is 33.2. The van der Waals surface area contributed by atoms with Crippen LogP contribution in [0.15, 0.2) is 48.7 Å². The van der Waals surface area contributed by atoms with Gasteiger partial charge in [0, 0.05) is 31.4 Å². The fourth-order valence-corrected chi connectivity index (χ4v) is 4.26. The number of fused-ring (bicyclic) bond motifs is 1. The van der Waals surface area contributed by atoms with Gasteiger partial charge in [-0.3, -0.25) is 9.69 Å². The van der Waals surface area contributed by atoms with E-state index in [2.05, 4.69) is 10.3 Å². The van der Waals surface area contributed by atoms with Gasteiger partial charge < -0.3 is 19.7 Å². The molecular formula is C21H17FN4O4S. The van der Waals surface area contributed by atoms with E-state index in [0.717, 1.165) is 16.9 Å². The summed E-state index contributed by atoms with van der Waals surface area (Å²) in [6.45, 7) is 1.42. The van der Waals surface area contributed by atoms with Gasteiger partial charge in [0.05, 0.1) is 6.20 Å². The molecule has 0 radical (unpaired) electrons. The minimum absolute atomic E-state index is 0.158. The van der Waals surface area contributed by atoms with Gasteiger partial charge >= 0.3 is 6.03 Å². The molecule has 3 heterocycles. The predicted octanol–water partition coefficient (Wildman–Crippen LogP) is 3.71. The topological polar surface area (TPSA) is 84.0 Å². The average molecular weight is 440 g/mol. The highest BCUT2D eigenvalue weighted by molar-refractivity contribution is 7.17. The highest BCUT2D eigenvalue weighted by Crippen LogP contribution is 2.34. The SMILES string of the molecule is O=C(Nc1ccc2c(c1)OCO2)c1cnc(N2CCN(Cc3cccc(F)c3)C2=O)s1. The Kier molecular flexibility index (Phi) is 4.91. The van der Waals surface area contributed by atoms with Crippen LogP contribution in [0.2, 0.25) is 0 Å². The van der Waals surface area contributed by atoms with Crippen molar-refractivity contribution < 1.29 is 23.5 Å². The van der Waals surface area contributed by atoms with E-state index in [9.17, 15) is 14.0 Å². The fourth-order valence-electron chi connectivity index (χ4n) is 3.42. The normalized spacial score (nSPS) is 14.9. The van der Waals surface area contributed by atoms with Crippen molar-refractivity contribution in [3.8, 4) is 11.5 Å². The summed E-state index contributed by atoms with van der Waals surface area (Å²) in [7, 11) is 0. The zero-order chi connectivity index (χ0) is 21.4. The van der Waals surface area contributed by atoms with Crippen molar-refractivity contribution in [3.05, 3.63) is 64.9 Å². The number of rotatable bonds is 5. The lowest BCUT2D eigenvalue weighted by atomic mass is 10.2. The Balaban J connectivity index is 1.25. The Morgan fingerprint density at radius 3 is 2.90 bits per heavy atom. The molecular weight excluding hydrogens is 423 g/mol. The van der Waals surface area contributed by atoms with Crippen LogP contribution in [0.25, 0.3) is 0 Å². The van der Waals surface area contributed by atoms with Crippen molar-refractivity contribution in [2.75, 3.05) is 30.1 Å². The molecule has 1 aromatic heterocycles. The van der Waals surface area contributed by atoms with E-state index in [1.54, 1.807) is 35.2 Å². The van der Waals surface area contributed by atoms with Gasteiger partial charge in [-0.2, -0.15) is 0 Å². The highest BCUT2D eigenvalue weighted by atomic mass is 32.1. The van der Waals surface area contributed by atoms with Crippen molar-refractivity contribution in [1.82, 2.24) is 9.88 Å². The van der Waals surface area contributed by atoms with Crippen LogP contribution in [-0.4, -0.2) is 41.7 Å². The number of amides is 3. The lowest BCUT2D eigenvalue weighted by Gasteiger charge is -2.16. The number of carbonyl (C=O) groups is 2. The maximum atomic E-state index is 13.4. The molecule has 0 atom stereocenters. The predicted molar refractivity (Wildman–Crippen MR) is 112 cm³/mol. The molecule has 2 aliphatic heterocycles. The van der Waals surface area contributed by atoms with Crippen LogP contribution in [0.3, 0.4) is 0 Å². The van der Waals surface area contributed by atoms with Gasteiger partial charge in [0.2, 0.25) is 6.79 Å². The zero-order valence-corrected chi connectivity index (χ0v) is 17.0. The molecule has 31 heavy (non-hydrogen) atoms. The number of hydrogen-bond donors (Lipinski definition) is 1. The molecule has 1 N–H and O–H groups in total. The lowest BCUT2D eigenvalue weighted by molar-refractivity contribution is 0.103. The molecule has 0 spiro atoms. The van der Waals surface area contributed by atoms with Crippen LogP contribution in [0.1, 0.15) is 15.2 Å². The second-order valence-electron chi connectivity index (χ2n) is 7.01. The van der Waals surface area contributed by atoms with Gasteiger partial charge in [0.15, 0.2) is 16.6 Å². The molecule has 2 aliphatic rings. The number of thiazole rings is 1. The number of benzene rings is 2. The summed E-state index contributed by atoms with van der Waals surface area (Å²) in [6, 6.07) is 11.1. The van der Waals surface area contributed by atoms with Crippen LogP contribution < -0.4 is 19.7 Å². The molecule has 0 aliphatic carbocycles. The van der Waals surface area contributed by atoms with Crippen molar-refractivity contribution >= 4 is 34.1 Å². The summed E-state index contributed by atoms with van der Waals surface area (Å²) in [5, 5.41) is 3.24. The largest absolute Gasteiger partial charge is 0.454 e. The second kappa shape index (κ2) is 7.88. The first-order valence-electron chi connectivity index (χ1n) is 9.54. The molecule has 1 fully saturated rings. The first-order chi connectivity index (χ1) is 15.1. The maximum absolute atomic E-state index is 13.4. The molecule has 0 unspecified atom stereocenters. The van der Waals surface area contributed by atoms with E-state index in [1.165, 1.54) is 23.2 Å². The Labute approximate surface area is 180 Å². The Morgan fingerprint density at radius 1 is 1.16 bits per heavy atom. The Morgan fingerprint density at radius 2 is 2.03 bits per heavy atom. The smallest absolute Gasteiger partial charge is 0.326 e. The fraction of sp³-hybridized carbons (Fsp3) is 0.190. The third-order valence-electron chi connectivity index (χ3n) is 4.94. The van der Waals surface area contributed by atoms with Gasteiger partial charge in [0.1, 0.15) is 10.7 Å². The summed E-state index contributed by atoms with van der Waals surface area (Å²) in [6.07, 6.45) is 1.45. The van der Waals surface area contributed by atoms with E-state index in [4.69, 9.17) is 9.47 Å². The standard InChI is InChI=1S/C21H17FN4O4S/c22-14-3-1-2-13(8-14)11-25-6-7-26(21(25)28)20-23-10-18(31-20)19(27)24-15-4-5-16-17(9-15)30-12-29-16/h1-5,8-10H,6-7,11-12H2,(H,24,27). The number of nitrogens with one attached hydrogen (secondary N) is 1. The van der Waals surface area contributed by atoms with Crippen molar-refractivity contribution in [1.29, 1.82) is 0 Å². The van der Waals surface area contributed by atoms with Crippen LogP contribution in [-0.2, 0) is 6.54 Å². The zero-order valence-electron chi connectivity index (χ0n) is 16.2. The lowest BCUT2D eigenvalue weighted by Crippen LogP contribution is -2.31. The summed E-state index contributed by atoms with van der Waals surface area (Å²) in [5.74, 6) is 0.544. The van der Waals surface area contributed by atoms with Gasteiger partial charge in [-0.15, -0.1) is 0 Å². The molecule has 10 heteroatoms. The van der Waals surface area contributed by atoms with Crippen molar-refractivity contribution in [2.24, 2.45) is 0 Å². The summed E-state index contributed by atoms with van der Waals surface area (Å²) >= 11 is 1.14. The monoisotopic (exact) mass is 440 g/mol. The van der Waals surface area contributed by atoms with Gasteiger partial charge in [-0.25, -0.2) is 14.2 Å². The Hall–Kier alpha value is -3.66.